The lowest BCUT2D eigenvalue weighted by Crippen LogP contribution is -2.27. The predicted molar refractivity (Wildman–Crippen MR) is 142 cm³/mol. The highest BCUT2D eigenvalue weighted by atomic mass is 16.6. The number of ether oxygens (including phenoxy) is 2. The minimum atomic E-state index is -0.484. The van der Waals surface area contributed by atoms with E-state index < -0.39 is 5.97 Å². The molecule has 4 aromatic rings. The Kier molecular flexibility index (Phi) is 5.93. The van der Waals surface area contributed by atoms with E-state index in [0.29, 0.717) is 30.1 Å². The highest BCUT2D eigenvalue weighted by Crippen LogP contribution is 2.49. The Balaban J connectivity index is 1.49. The number of hydrogen-bond acceptors (Lipinski definition) is 6. The number of esters is 1. The van der Waals surface area contributed by atoms with Crippen LogP contribution >= 0.6 is 0 Å². The first kappa shape index (κ1) is 23.0. The number of rotatable bonds is 5. The number of pyridine rings is 1. The van der Waals surface area contributed by atoms with E-state index in [-0.39, 0.29) is 11.7 Å². The van der Waals surface area contributed by atoms with Crippen LogP contribution in [0, 0.1) is 0 Å². The molecule has 0 fully saturated rings. The summed E-state index contributed by atoms with van der Waals surface area (Å²) < 4.78 is 11.6. The predicted octanol–water partition coefficient (Wildman–Crippen LogP) is 6.42. The van der Waals surface area contributed by atoms with Gasteiger partial charge in [0, 0.05) is 41.7 Å². The lowest BCUT2D eigenvalue weighted by atomic mass is 9.74. The number of carbonyl (C=O) groups is 2. The average molecular weight is 491 g/mol. The van der Waals surface area contributed by atoms with Crippen LogP contribution in [0.1, 0.15) is 53.6 Å². The Bertz CT molecular complexity index is 1560. The second-order valence-corrected chi connectivity index (χ2v) is 9.24. The van der Waals surface area contributed by atoms with Crippen LogP contribution < -0.4 is 14.8 Å². The average Bonchev–Trinajstić information content (AvgIpc) is 2.93. The molecule has 0 bridgehead atoms. The Morgan fingerprint density at radius 2 is 1.84 bits per heavy atom. The standard InChI is InChI=1S/C31H26N2O4/c1-2-36-27-18-21(11-13-26(27)37-31(35)20-14-16-32-17-15-20)28-29-22-7-4-3-6-19(22)10-12-24(29)33-23-8-5-9-25(34)30(23)28/h3-4,6-7,10-18,28,33H,2,5,8-9H2,1H3. The largest absolute Gasteiger partial charge is 0.490 e. The van der Waals surface area contributed by atoms with Gasteiger partial charge in [-0.15, -0.1) is 0 Å². The van der Waals surface area contributed by atoms with E-state index in [2.05, 4.69) is 34.6 Å². The van der Waals surface area contributed by atoms with Gasteiger partial charge in [0.2, 0.25) is 0 Å². The fourth-order valence-electron chi connectivity index (χ4n) is 5.39. The summed E-state index contributed by atoms with van der Waals surface area (Å²) in [5, 5.41) is 5.79. The number of ketones is 1. The highest BCUT2D eigenvalue weighted by Gasteiger charge is 2.36. The monoisotopic (exact) mass is 490 g/mol. The molecule has 1 aliphatic heterocycles. The molecule has 6 rings (SSSR count). The zero-order valence-corrected chi connectivity index (χ0v) is 20.5. The third-order valence-electron chi connectivity index (χ3n) is 7.01. The summed E-state index contributed by atoms with van der Waals surface area (Å²) >= 11 is 0. The molecule has 3 aromatic carbocycles. The van der Waals surface area contributed by atoms with Gasteiger partial charge < -0.3 is 14.8 Å². The zero-order valence-electron chi connectivity index (χ0n) is 20.5. The van der Waals surface area contributed by atoms with Gasteiger partial charge in [-0.2, -0.15) is 0 Å². The zero-order chi connectivity index (χ0) is 25.4. The number of carbonyl (C=O) groups excluding carboxylic acids is 2. The summed E-state index contributed by atoms with van der Waals surface area (Å²) in [5.74, 6) is 0.233. The third kappa shape index (κ3) is 4.14. The molecule has 6 nitrogen and oxygen atoms in total. The van der Waals surface area contributed by atoms with Crippen molar-refractivity contribution in [1.29, 1.82) is 0 Å². The van der Waals surface area contributed by atoms with Crippen LogP contribution in [-0.4, -0.2) is 23.3 Å². The quantitative estimate of drug-likeness (QED) is 0.257. The molecule has 0 radical (unpaired) electrons. The summed E-state index contributed by atoms with van der Waals surface area (Å²) in [4.78, 5) is 30.0. The topological polar surface area (TPSA) is 77.5 Å². The van der Waals surface area contributed by atoms with Gasteiger partial charge in [0.05, 0.1) is 12.2 Å². The fourth-order valence-corrected chi connectivity index (χ4v) is 5.39. The van der Waals surface area contributed by atoms with Crippen LogP contribution in [0.15, 0.2) is 90.4 Å². The van der Waals surface area contributed by atoms with Crippen molar-refractivity contribution in [2.75, 3.05) is 11.9 Å². The molecule has 6 heteroatoms. The summed E-state index contributed by atoms with van der Waals surface area (Å²) in [7, 11) is 0. The number of benzene rings is 3. The first-order valence-electron chi connectivity index (χ1n) is 12.6. The Labute approximate surface area is 214 Å². The van der Waals surface area contributed by atoms with Crippen molar-refractivity contribution in [3.8, 4) is 11.5 Å². The molecule has 0 spiro atoms. The lowest BCUT2D eigenvalue weighted by molar-refractivity contribution is -0.116. The van der Waals surface area contributed by atoms with Gasteiger partial charge >= 0.3 is 5.97 Å². The molecular formula is C31H26N2O4. The number of fused-ring (bicyclic) bond motifs is 3. The lowest BCUT2D eigenvalue weighted by Gasteiger charge is -2.35. The van der Waals surface area contributed by atoms with E-state index >= 15 is 0 Å². The maximum absolute atomic E-state index is 13.3. The van der Waals surface area contributed by atoms with Gasteiger partial charge in [0.15, 0.2) is 17.3 Å². The molecule has 1 aromatic heterocycles. The number of aromatic nitrogens is 1. The fraction of sp³-hybridized carbons (Fsp3) is 0.194. The van der Waals surface area contributed by atoms with Gasteiger partial charge in [-0.05, 0) is 72.0 Å². The van der Waals surface area contributed by atoms with Crippen molar-refractivity contribution in [2.45, 2.75) is 32.1 Å². The Hall–Kier alpha value is -4.45. The van der Waals surface area contributed by atoms with Gasteiger partial charge in [-0.1, -0.05) is 36.4 Å². The van der Waals surface area contributed by atoms with Crippen LogP contribution in [0.5, 0.6) is 11.5 Å². The Morgan fingerprint density at radius 3 is 2.68 bits per heavy atom. The van der Waals surface area contributed by atoms with E-state index in [1.54, 1.807) is 30.6 Å². The van der Waals surface area contributed by atoms with Crippen LogP contribution in [0.4, 0.5) is 5.69 Å². The van der Waals surface area contributed by atoms with E-state index in [1.807, 2.05) is 31.2 Å². The van der Waals surface area contributed by atoms with Crippen molar-refractivity contribution in [1.82, 2.24) is 4.98 Å². The van der Waals surface area contributed by atoms with E-state index in [4.69, 9.17) is 9.47 Å². The van der Waals surface area contributed by atoms with Crippen LogP contribution in [0.2, 0.25) is 0 Å². The number of nitrogens with one attached hydrogen (secondary N) is 1. The normalized spacial score (nSPS) is 16.6. The summed E-state index contributed by atoms with van der Waals surface area (Å²) in [5.41, 5.74) is 5.24. The summed E-state index contributed by atoms with van der Waals surface area (Å²) in [6.45, 7) is 2.29. The first-order valence-corrected chi connectivity index (χ1v) is 12.6. The Morgan fingerprint density at radius 1 is 1.00 bits per heavy atom. The van der Waals surface area contributed by atoms with Crippen molar-refractivity contribution in [2.24, 2.45) is 0 Å². The van der Waals surface area contributed by atoms with E-state index in [0.717, 1.165) is 51.7 Å². The number of anilines is 1. The van der Waals surface area contributed by atoms with Gasteiger partial charge in [-0.3, -0.25) is 9.78 Å². The van der Waals surface area contributed by atoms with Crippen LogP contribution in [0.25, 0.3) is 10.8 Å². The van der Waals surface area contributed by atoms with Gasteiger partial charge in [-0.25, -0.2) is 4.79 Å². The molecule has 1 N–H and O–H groups in total. The van der Waals surface area contributed by atoms with Crippen molar-refractivity contribution < 1.29 is 19.1 Å². The number of nitrogens with zero attached hydrogens (tertiary/aromatic N) is 1. The number of allylic oxidation sites excluding steroid dienone is 2. The van der Waals surface area contributed by atoms with Gasteiger partial charge in [0.25, 0.3) is 0 Å². The molecule has 0 saturated carbocycles. The second kappa shape index (κ2) is 9.54. The summed E-state index contributed by atoms with van der Waals surface area (Å²) in [6, 6.07) is 21.3. The van der Waals surface area contributed by atoms with Crippen molar-refractivity contribution in [3.63, 3.8) is 0 Å². The van der Waals surface area contributed by atoms with E-state index in [9.17, 15) is 9.59 Å². The molecule has 2 aliphatic rings. The number of Topliss-reactive ketones (excluding diaryl/α,β-unsaturated/α-hetero) is 1. The smallest absolute Gasteiger partial charge is 0.343 e. The van der Waals surface area contributed by atoms with Crippen LogP contribution in [0.3, 0.4) is 0 Å². The molecule has 184 valence electrons. The molecule has 0 amide bonds. The maximum atomic E-state index is 13.3. The molecular weight excluding hydrogens is 464 g/mol. The molecule has 37 heavy (non-hydrogen) atoms. The minimum absolute atomic E-state index is 0.170. The van der Waals surface area contributed by atoms with Crippen molar-refractivity contribution >= 4 is 28.2 Å². The minimum Gasteiger partial charge on any atom is -0.490 e. The van der Waals surface area contributed by atoms with Gasteiger partial charge in [0.1, 0.15) is 0 Å². The molecule has 1 aliphatic carbocycles. The van der Waals surface area contributed by atoms with Crippen LogP contribution in [-0.2, 0) is 4.79 Å². The molecule has 0 saturated heterocycles. The molecule has 1 atom stereocenters. The second-order valence-electron chi connectivity index (χ2n) is 9.24. The number of hydrogen-bond donors (Lipinski definition) is 1. The van der Waals surface area contributed by atoms with E-state index in [1.165, 1.54) is 0 Å². The molecule has 2 heterocycles. The molecule has 1 unspecified atom stereocenters. The third-order valence-corrected chi connectivity index (χ3v) is 7.01. The SMILES string of the molecule is CCOc1cc(C2C3=C(CCCC3=O)Nc3ccc4ccccc4c32)ccc1OC(=O)c1ccncc1. The maximum Gasteiger partial charge on any atom is 0.343 e. The first-order chi connectivity index (χ1) is 18.1. The van der Waals surface area contributed by atoms with Crippen molar-refractivity contribution in [3.05, 3.63) is 107 Å². The summed E-state index contributed by atoms with van der Waals surface area (Å²) in [6.07, 6.45) is 5.32. The highest BCUT2D eigenvalue weighted by molar-refractivity contribution is 6.04.